The molecule has 0 unspecified atom stereocenters. The first-order chi connectivity index (χ1) is 9.04. The smallest absolute Gasteiger partial charge is 0.126 e. The Bertz CT molecular complexity index is 776. The first-order valence-electron chi connectivity index (χ1n) is 6.01. The maximum absolute atomic E-state index is 6.00. The first-order valence-corrected chi connectivity index (χ1v) is 6.89. The molecule has 96 valence electrons. The minimum atomic E-state index is 0.714. The normalized spacial score (nSPS) is 11.1. The molecule has 3 aromatic rings. The molecule has 0 aliphatic carbocycles. The van der Waals surface area contributed by atoms with Crippen molar-refractivity contribution in [1.82, 2.24) is 15.0 Å². The molecule has 0 spiro atoms. The molecule has 0 fully saturated rings. The summed E-state index contributed by atoms with van der Waals surface area (Å²) in [6, 6.07) is 3.86. The van der Waals surface area contributed by atoms with E-state index in [-0.39, 0.29) is 0 Å². The number of rotatable bonds is 1. The van der Waals surface area contributed by atoms with Crippen LogP contribution in [0.25, 0.3) is 21.5 Å². The Morgan fingerprint density at radius 3 is 2.53 bits per heavy atom. The van der Waals surface area contributed by atoms with E-state index in [0.29, 0.717) is 5.69 Å². The predicted octanol–water partition coefficient (Wildman–Crippen LogP) is 3.26. The molecule has 0 saturated carbocycles. The van der Waals surface area contributed by atoms with Crippen molar-refractivity contribution in [2.24, 2.45) is 0 Å². The van der Waals surface area contributed by atoms with Gasteiger partial charge >= 0.3 is 0 Å². The number of benzene rings is 1. The topological polar surface area (TPSA) is 64.7 Å². The van der Waals surface area contributed by atoms with E-state index < -0.39 is 0 Å². The van der Waals surface area contributed by atoms with Crippen molar-refractivity contribution in [3.63, 3.8) is 0 Å². The van der Waals surface area contributed by atoms with Crippen molar-refractivity contribution in [3.8, 4) is 10.6 Å². The van der Waals surface area contributed by atoms with Crippen LogP contribution in [0.5, 0.6) is 0 Å². The van der Waals surface area contributed by atoms with E-state index in [0.717, 1.165) is 38.7 Å². The molecule has 0 amide bonds. The zero-order valence-corrected chi connectivity index (χ0v) is 11.9. The number of nitrogen functional groups attached to an aromatic ring is 1. The average molecular weight is 270 g/mol. The number of nitrogens with two attached hydrogens (primary N) is 1. The lowest BCUT2D eigenvalue weighted by Gasteiger charge is -2.08. The minimum absolute atomic E-state index is 0.714. The van der Waals surface area contributed by atoms with Gasteiger partial charge in [-0.3, -0.25) is 0 Å². The van der Waals surface area contributed by atoms with Gasteiger partial charge < -0.3 is 5.73 Å². The monoisotopic (exact) mass is 270 g/mol. The van der Waals surface area contributed by atoms with Crippen molar-refractivity contribution < 1.29 is 0 Å². The predicted molar refractivity (Wildman–Crippen MR) is 79.3 cm³/mol. The fraction of sp³-hybridized carbons (Fsp3) is 0.214. The fourth-order valence-electron chi connectivity index (χ4n) is 2.18. The third kappa shape index (κ3) is 2.06. The Morgan fingerprint density at radius 2 is 1.84 bits per heavy atom. The van der Waals surface area contributed by atoms with Crippen LogP contribution < -0.4 is 5.73 Å². The fourth-order valence-corrected chi connectivity index (χ4v) is 3.00. The summed E-state index contributed by atoms with van der Waals surface area (Å²) in [5.74, 6) is 0.768. The lowest BCUT2D eigenvalue weighted by atomic mass is 10.1. The Balaban J connectivity index is 2.40. The van der Waals surface area contributed by atoms with E-state index in [1.807, 2.05) is 38.3 Å². The quantitative estimate of drug-likeness (QED) is 0.689. The molecule has 0 aliphatic rings. The summed E-state index contributed by atoms with van der Waals surface area (Å²) < 4.78 is 0. The second kappa shape index (κ2) is 4.28. The number of anilines is 1. The standard InChI is InChI=1S/C14H14N4S/c1-7-6-19-14(16-7)12-5-10(15)4-11-8(2)17-9(3)18-13(11)12/h4-6H,15H2,1-3H3. The second-order valence-electron chi connectivity index (χ2n) is 4.61. The summed E-state index contributed by atoms with van der Waals surface area (Å²) in [5.41, 5.74) is 10.6. The molecule has 1 aromatic carbocycles. The zero-order chi connectivity index (χ0) is 13.6. The molecule has 19 heavy (non-hydrogen) atoms. The van der Waals surface area contributed by atoms with Crippen LogP contribution in [-0.2, 0) is 0 Å². The van der Waals surface area contributed by atoms with Crippen LogP contribution in [0.3, 0.4) is 0 Å². The van der Waals surface area contributed by atoms with E-state index in [2.05, 4.69) is 15.0 Å². The van der Waals surface area contributed by atoms with E-state index in [4.69, 9.17) is 5.73 Å². The van der Waals surface area contributed by atoms with Crippen molar-refractivity contribution in [1.29, 1.82) is 0 Å². The molecular weight excluding hydrogens is 256 g/mol. The molecule has 2 aromatic heterocycles. The lowest BCUT2D eigenvalue weighted by molar-refractivity contribution is 1.05. The van der Waals surface area contributed by atoms with Gasteiger partial charge in [0.15, 0.2) is 0 Å². The molecule has 4 nitrogen and oxygen atoms in total. The van der Waals surface area contributed by atoms with E-state index >= 15 is 0 Å². The highest BCUT2D eigenvalue weighted by Gasteiger charge is 2.12. The molecule has 0 aliphatic heterocycles. The summed E-state index contributed by atoms with van der Waals surface area (Å²) >= 11 is 1.61. The number of hydrogen-bond acceptors (Lipinski definition) is 5. The van der Waals surface area contributed by atoms with Gasteiger partial charge in [0.2, 0.25) is 0 Å². The Morgan fingerprint density at radius 1 is 1.05 bits per heavy atom. The molecule has 0 saturated heterocycles. The molecule has 2 heterocycles. The van der Waals surface area contributed by atoms with E-state index in [1.54, 1.807) is 11.3 Å². The number of aryl methyl sites for hydroxylation is 3. The van der Waals surface area contributed by atoms with Crippen LogP contribution in [0.2, 0.25) is 0 Å². The van der Waals surface area contributed by atoms with Crippen molar-refractivity contribution in [2.45, 2.75) is 20.8 Å². The SMILES string of the molecule is Cc1csc(-c2cc(N)cc3c(C)nc(C)nc23)n1. The van der Waals surface area contributed by atoms with Gasteiger partial charge in [-0.1, -0.05) is 0 Å². The number of aromatic nitrogens is 3. The highest BCUT2D eigenvalue weighted by Crippen LogP contribution is 2.32. The number of fused-ring (bicyclic) bond motifs is 1. The minimum Gasteiger partial charge on any atom is -0.399 e. The van der Waals surface area contributed by atoms with Gasteiger partial charge in [0, 0.05) is 33.4 Å². The zero-order valence-electron chi connectivity index (χ0n) is 11.1. The van der Waals surface area contributed by atoms with E-state index in [1.165, 1.54) is 0 Å². The Hall–Kier alpha value is -2.01. The lowest BCUT2D eigenvalue weighted by Crippen LogP contribution is -1.97. The number of nitrogens with zero attached hydrogens (tertiary/aromatic N) is 3. The summed E-state index contributed by atoms with van der Waals surface area (Å²) in [6.07, 6.45) is 0. The van der Waals surface area contributed by atoms with Crippen LogP contribution in [0.4, 0.5) is 5.69 Å². The Labute approximate surface area is 115 Å². The van der Waals surface area contributed by atoms with Gasteiger partial charge in [0.25, 0.3) is 0 Å². The van der Waals surface area contributed by atoms with Gasteiger partial charge in [-0.25, -0.2) is 15.0 Å². The maximum Gasteiger partial charge on any atom is 0.126 e. The third-order valence-corrected chi connectivity index (χ3v) is 3.97. The maximum atomic E-state index is 6.00. The molecule has 3 rings (SSSR count). The van der Waals surface area contributed by atoms with Crippen molar-refractivity contribution in [3.05, 3.63) is 34.7 Å². The van der Waals surface area contributed by atoms with Crippen LogP contribution in [0.15, 0.2) is 17.5 Å². The van der Waals surface area contributed by atoms with Gasteiger partial charge in [0.1, 0.15) is 10.8 Å². The van der Waals surface area contributed by atoms with Gasteiger partial charge in [-0.05, 0) is 32.9 Å². The summed E-state index contributed by atoms with van der Waals surface area (Å²) in [5, 5.41) is 3.98. The van der Waals surface area contributed by atoms with Gasteiger partial charge in [0.05, 0.1) is 5.52 Å². The molecular formula is C14H14N4S. The largest absolute Gasteiger partial charge is 0.399 e. The highest BCUT2D eigenvalue weighted by molar-refractivity contribution is 7.13. The third-order valence-electron chi connectivity index (χ3n) is 2.97. The molecule has 0 bridgehead atoms. The van der Waals surface area contributed by atoms with Gasteiger partial charge in [-0.2, -0.15) is 0 Å². The van der Waals surface area contributed by atoms with Crippen molar-refractivity contribution in [2.75, 3.05) is 5.73 Å². The van der Waals surface area contributed by atoms with Crippen LogP contribution >= 0.6 is 11.3 Å². The first kappa shape index (κ1) is 12.0. The summed E-state index contributed by atoms with van der Waals surface area (Å²) in [7, 11) is 0. The molecule has 0 radical (unpaired) electrons. The Kier molecular flexibility index (Phi) is 2.71. The van der Waals surface area contributed by atoms with Crippen LogP contribution in [-0.4, -0.2) is 15.0 Å². The number of hydrogen-bond donors (Lipinski definition) is 1. The molecule has 2 N–H and O–H groups in total. The summed E-state index contributed by atoms with van der Waals surface area (Å²) in [4.78, 5) is 13.5. The number of thiazole rings is 1. The second-order valence-corrected chi connectivity index (χ2v) is 5.47. The highest BCUT2D eigenvalue weighted by atomic mass is 32.1. The average Bonchev–Trinajstić information content (AvgIpc) is 2.76. The van der Waals surface area contributed by atoms with Gasteiger partial charge in [-0.15, -0.1) is 11.3 Å². The molecule has 0 atom stereocenters. The van der Waals surface area contributed by atoms with E-state index in [9.17, 15) is 0 Å². The molecule has 5 heteroatoms. The summed E-state index contributed by atoms with van der Waals surface area (Å²) in [6.45, 7) is 5.87. The van der Waals surface area contributed by atoms with Crippen molar-refractivity contribution >= 4 is 27.9 Å². The van der Waals surface area contributed by atoms with Crippen LogP contribution in [0, 0.1) is 20.8 Å². The van der Waals surface area contributed by atoms with Crippen LogP contribution in [0.1, 0.15) is 17.2 Å².